The first-order chi connectivity index (χ1) is 9.28. The maximum atomic E-state index is 6.16. The second kappa shape index (κ2) is 5.74. The fraction of sp³-hybridized carbons (Fsp3) is 0.333. The number of rotatable bonds is 5. The first-order valence-electron chi connectivity index (χ1n) is 6.41. The molecule has 0 saturated heterocycles. The molecule has 0 amide bonds. The number of hydrogen-bond donors (Lipinski definition) is 0. The van der Waals surface area contributed by atoms with Crippen molar-refractivity contribution in [2.75, 3.05) is 4.90 Å². The number of alkyl halides is 1. The van der Waals surface area contributed by atoms with Crippen molar-refractivity contribution in [3.8, 4) is 0 Å². The molecule has 1 fully saturated rings. The lowest BCUT2D eigenvalue weighted by Crippen LogP contribution is -2.25. The lowest BCUT2D eigenvalue weighted by molar-refractivity contribution is 0.799. The lowest BCUT2D eigenvalue weighted by atomic mass is 10.1. The third-order valence-electron chi connectivity index (χ3n) is 3.39. The van der Waals surface area contributed by atoms with E-state index in [4.69, 9.17) is 23.2 Å². The van der Waals surface area contributed by atoms with E-state index in [-0.39, 0.29) is 0 Å². The predicted molar refractivity (Wildman–Crippen MR) is 84.5 cm³/mol. The van der Waals surface area contributed by atoms with Gasteiger partial charge in [-0.15, -0.1) is 22.9 Å². The second-order valence-electron chi connectivity index (χ2n) is 4.85. The Labute approximate surface area is 127 Å². The number of nitrogens with zero attached hydrogens (tertiary/aromatic N) is 1. The van der Waals surface area contributed by atoms with Crippen molar-refractivity contribution in [3.63, 3.8) is 0 Å². The molecule has 100 valence electrons. The van der Waals surface area contributed by atoms with Crippen molar-refractivity contribution in [1.29, 1.82) is 0 Å². The Kier molecular flexibility index (Phi) is 4.01. The van der Waals surface area contributed by atoms with Gasteiger partial charge >= 0.3 is 0 Å². The Morgan fingerprint density at radius 2 is 2.11 bits per heavy atom. The van der Waals surface area contributed by atoms with Crippen LogP contribution in [0.5, 0.6) is 0 Å². The molecule has 0 radical (unpaired) electrons. The van der Waals surface area contributed by atoms with Gasteiger partial charge in [-0.3, -0.25) is 0 Å². The summed E-state index contributed by atoms with van der Waals surface area (Å²) in [6, 6.07) is 10.9. The molecule has 1 aromatic heterocycles. The summed E-state index contributed by atoms with van der Waals surface area (Å²) >= 11 is 14.0. The second-order valence-corrected chi connectivity index (χ2v) is 6.58. The number of benzene rings is 1. The zero-order chi connectivity index (χ0) is 13.2. The standard InChI is InChI=1S/C15H15Cl2NS/c16-9-11-3-4-12(17)8-15(11)18(13-5-6-13)10-14-2-1-7-19-14/h1-4,7-8,13H,5-6,9-10H2. The highest BCUT2D eigenvalue weighted by atomic mass is 35.5. The minimum absolute atomic E-state index is 0.528. The summed E-state index contributed by atoms with van der Waals surface area (Å²) in [5.41, 5.74) is 2.35. The van der Waals surface area contributed by atoms with Crippen LogP contribution in [0, 0.1) is 0 Å². The van der Waals surface area contributed by atoms with Gasteiger partial charge in [0, 0.05) is 27.5 Å². The van der Waals surface area contributed by atoms with Gasteiger partial charge in [0.05, 0.1) is 6.54 Å². The van der Waals surface area contributed by atoms with Crippen LogP contribution in [0.4, 0.5) is 5.69 Å². The van der Waals surface area contributed by atoms with E-state index < -0.39 is 0 Å². The van der Waals surface area contributed by atoms with Crippen molar-refractivity contribution >= 4 is 40.2 Å². The van der Waals surface area contributed by atoms with Crippen LogP contribution in [0.25, 0.3) is 0 Å². The van der Waals surface area contributed by atoms with Crippen molar-refractivity contribution in [2.24, 2.45) is 0 Å². The summed E-state index contributed by atoms with van der Waals surface area (Å²) in [7, 11) is 0. The van der Waals surface area contributed by atoms with Crippen LogP contribution in [0.3, 0.4) is 0 Å². The van der Waals surface area contributed by atoms with E-state index in [0.29, 0.717) is 11.9 Å². The Balaban J connectivity index is 1.93. The molecule has 0 spiro atoms. The van der Waals surface area contributed by atoms with E-state index in [9.17, 15) is 0 Å². The molecule has 2 aromatic rings. The lowest BCUT2D eigenvalue weighted by Gasteiger charge is -2.26. The molecule has 0 atom stereocenters. The largest absolute Gasteiger partial charge is 0.363 e. The van der Waals surface area contributed by atoms with Crippen LogP contribution in [-0.4, -0.2) is 6.04 Å². The van der Waals surface area contributed by atoms with E-state index in [2.05, 4.69) is 22.4 Å². The average molecular weight is 312 g/mol. The van der Waals surface area contributed by atoms with Gasteiger partial charge in [-0.1, -0.05) is 23.7 Å². The number of halogens is 2. The maximum Gasteiger partial charge on any atom is 0.0526 e. The highest BCUT2D eigenvalue weighted by Gasteiger charge is 2.30. The molecule has 3 rings (SSSR count). The van der Waals surface area contributed by atoms with Crippen molar-refractivity contribution in [3.05, 3.63) is 51.2 Å². The monoisotopic (exact) mass is 311 g/mol. The zero-order valence-electron chi connectivity index (χ0n) is 10.5. The van der Waals surface area contributed by atoms with E-state index >= 15 is 0 Å². The molecule has 1 aliphatic rings. The van der Waals surface area contributed by atoms with Gasteiger partial charge in [-0.25, -0.2) is 0 Å². The molecule has 0 bridgehead atoms. The third-order valence-corrected chi connectivity index (χ3v) is 4.78. The van der Waals surface area contributed by atoms with Crippen molar-refractivity contribution in [1.82, 2.24) is 0 Å². The Morgan fingerprint density at radius 1 is 1.26 bits per heavy atom. The predicted octanol–water partition coefficient (Wildman–Crippen LogP) is 5.31. The zero-order valence-corrected chi connectivity index (χ0v) is 12.8. The molecule has 19 heavy (non-hydrogen) atoms. The molecule has 0 aliphatic heterocycles. The Hall–Kier alpha value is -0.700. The summed E-state index contributed by atoms with van der Waals surface area (Å²) < 4.78 is 0. The number of hydrogen-bond acceptors (Lipinski definition) is 2. The number of anilines is 1. The molecule has 1 aromatic carbocycles. The molecule has 1 saturated carbocycles. The molecular weight excluding hydrogens is 297 g/mol. The van der Waals surface area contributed by atoms with Gasteiger partial charge < -0.3 is 4.90 Å². The van der Waals surface area contributed by atoms with E-state index in [1.807, 2.05) is 18.2 Å². The van der Waals surface area contributed by atoms with Crippen LogP contribution >= 0.6 is 34.5 Å². The van der Waals surface area contributed by atoms with Crippen LogP contribution < -0.4 is 4.90 Å². The molecule has 0 N–H and O–H groups in total. The number of thiophene rings is 1. The van der Waals surface area contributed by atoms with Crippen LogP contribution in [-0.2, 0) is 12.4 Å². The quantitative estimate of drug-likeness (QED) is 0.676. The molecule has 0 unspecified atom stereocenters. The van der Waals surface area contributed by atoms with Gasteiger partial charge in [0.1, 0.15) is 0 Å². The highest BCUT2D eigenvalue weighted by molar-refractivity contribution is 7.09. The van der Waals surface area contributed by atoms with Gasteiger partial charge in [0.25, 0.3) is 0 Å². The topological polar surface area (TPSA) is 3.24 Å². The summed E-state index contributed by atoms with van der Waals surface area (Å²) in [5, 5.41) is 2.90. The van der Waals surface area contributed by atoms with Gasteiger partial charge in [-0.05, 0) is 42.0 Å². The molecule has 1 aliphatic carbocycles. The van der Waals surface area contributed by atoms with E-state index in [1.54, 1.807) is 11.3 Å². The van der Waals surface area contributed by atoms with Gasteiger partial charge in [0.15, 0.2) is 0 Å². The maximum absolute atomic E-state index is 6.16. The fourth-order valence-corrected chi connectivity index (χ4v) is 3.38. The molecule has 1 heterocycles. The van der Waals surface area contributed by atoms with Gasteiger partial charge in [-0.2, -0.15) is 0 Å². The molecular formula is C15H15Cl2NS. The summed E-state index contributed by atoms with van der Waals surface area (Å²) in [5.74, 6) is 0.528. The SMILES string of the molecule is ClCc1ccc(Cl)cc1N(Cc1cccs1)C1CC1. The summed E-state index contributed by atoms with van der Waals surface area (Å²) in [6.45, 7) is 0.951. The molecule has 4 heteroatoms. The highest BCUT2D eigenvalue weighted by Crippen LogP contribution is 2.37. The Morgan fingerprint density at radius 3 is 2.74 bits per heavy atom. The van der Waals surface area contributed by atoms with Crippen molar-refractivity contribution in [2.45, 2.75) is 31.3 Å². The first-order valence-corrected chi connectivity index (χ1v) is 8.20. The van der Waals surface area contributed by atoms with Crippen molar-refractivity contribution < 1.29 is 0 Å². The van der Waals surface area contributed by atoms with E-state index in [1.165, 1.54) is 23.4 Å². The minimum atomic E-state index is 0.528. The third kappa shape index (κ3) is 3.07. The normalized spacial score (nSPS) is 14.6. The summed E-state index contributed by atoms with van der Waals surface area (Å²) in [6.07, 6.45) is 2.53. The Bertz CT molecular complexity index is 549. The smallest absolute Gasteiger partial charge is 0.0526 e. The van der Waals surface area contributed by atoms with Crippen LogP contribution in [0.15, 0.2) is 35.7 Å². The average Bonchev–Trinajstić information content (AvgIpc) is 3.13. The fourth-order valence-electron chi connectivity index (χ4n) is 2.28. The van der Waals surface area contributed by atoms with E-state index in [0.717, 1.165) is 17.1 Å². The first kappa shape index (κ1) is 13.3. The van der Waals surface area contributed by atoms with Gasteiger partial charge in [0.2, 0.25) is 0 Å². The molecule has 1 nitrogen and oxygen atoms in total. The van der Waals surface area contributed by atoms with Crippen LogP contribution in [0.1, 0.15) is 23.3 Å². The summed E-state index contributed by atoms with van der Waals surface area (Å²) in [4.78, 5) is 3.84. The van der Waals surface area contributed by atoms with Crippen LogP contribution in [0.2, 0.25) is 5.02 Å². The minimum Gasteiger partial charge on any atom is -0.363 e.